The minimum atomic E-state index is -0.483. The number of carbonyl (C=O) groups excluding carboxylic acids is 1. The molecule has 0 aliphatic heterocycles. The number of benzene rings is 1. The fraction of sp³-hybridized carbons (Fsp3) is 0.417. The standard InChI is InChI=1S/C12H19N3OS/c1-9(14-7-8-15-12(13)16)10-3-5-11(17-2)6-4-10/h3-6,9,14H,7-8H2,1-2H3,(H3,13,15,16). The molecule has 1 aromatic rings. The van der Waals surface area contributed by atoms with E-state index in [2.05, 4.69) is 48.1 Å². The van der Waals surface area contributed by atoms with Gasteiger partial charge in [0.2, 0.25) is 0 Å². The number of thioether (sulfide) groups is 1. The number of primary amides is 1. The molecule has 0 saturated carbocycles. The van der Waals surface area contributed by atoms with Crippen molar-refractivity contribution in [3.8, 4) is 0 Å². The van der Waals surface area contributed by atoms with Gasteiger partial charge in [0.25, 0.3) is 0 Å². The maximum Gasteiger partial charge on any atom is 0.312 e. The number of carbonyl (C=O) groups is 1. The van der Waals surface area contributed by atoms with Crippen molar-refractivity contribution in [1.82, 2.24) is 10.6 Å². The topological polar surface area (TPSA) is 67.2 Å². The number of urea groups is 1. The first-order valence-corrected chi connectivity index (χ1v) is 6.76. The Bertz CT molecular complexity index is 353. The van der Waals surface area contributed by atoms with Crippen molar-refractivity contribution in [2.45, 2.75) is 17.9 Å². The van der Waals surface area contributed by atoms with Gasteiger partial charge < -0.3 is 16.4 Å². The Morgan fingerprint density at radius 1 is 1.35 bits per heavy atom. The summed E-state index contributed by atoms with van der Waals surface area (Å²) in [4.78, 5) is 11.7. The summed E-state index contributed by atoms with van der Waals surface area (Å²) in [6, 6.07) is 8.24. The predicted molar refractivity (Wildman–Crippen MR) is 72.2 cm³/mol. The fourth-order valence-electron chi connectivity index (χ4n) is 1.48. The Morgan fingerprint density at radius 3 is 2.53 bits per heavy atom. The molecule has 1 unspecified atom stereocenters. The Morgan fingerprint density at radius 2 is 2.00 bits per heavy atom. The van der Waals surface area contributed by atoms with Crippen LogP contribution in [0.1, 0.15) is 18.5 Å². The third-order valence-corrected chi connectivity index (χ3v) is 3.23. The van der Waals surface area contributed by atoms with E-state index < -0.39 is 6.03 Å². The Labute approximate surface area is 106 Å². The van der Waals surface area contributed by atoms with E-state index in [1.54, 1.807) is 11.8 Å². The van der Waals surface area contributed by atoms with Crippen LogP contribution in [-0.4, -0.2) is 25.4 Å². The van der Waals surface area contributed by atoms with Gasteiger partial charge in [-0.2, -0.15) is 0 Å². The van der Waals surface area contributed by atoms with Gasteiger partial charge in [0, 0.05) is 24.0 Å². The van der Waals surface area contributed by atoms with Crippen molar-refractivity contribution < 1.29 is 4.79 Å². The molecule has 0 aliphatic carbocycles. The van der Waals surface area contributed by atoms with E-state index in [-0.39, 0.29) is 6.04 Å². The van der Waals surface area contributed by atoms with Gasteiger partial charge in [0.1, 0.15) is 0 Å². The van der Waals surface area contributed by atoms with Crippen LogP contribution in [-0.2, 0) is 0 Å². The Kier molecular flexibility index (Phi) is 5.86. The highest BCUT2D eigenvalue weighted by atomic mass is 32.2. The van der Waals surface area contributed by atoms with E-state index in [4.69, 9.17) is 5.73 Å². The first-order chi connectivity index (χ1) is 8.13. The van der Waals surface area contributed by atoms with Gasteiger partial charge in [0.15, 0.2) is 0 Å². The van der Waals surface area contributed by atoms with Crippen LogP contribution in [0.15, 0.2) is 29.2 Å². The lowest BCUT2D eigenvalue weighted by Crippen LogP contribution is -2.35. The average Bonchev–Trinajstić information content (AvgIpc) is 2.34. The molecule has 0 aromatic heterocycles. The molecule has 4 nitrogen and oxygen atoms in total. The first kappa shape index (κ1) is 13.9. The van der Waals surface area contributed by atoms with Gasteiger partial charge in [-0.05, 0) is 30.9 Å². The Balaban J connectivity index is 2.35. The number of hydrogen-bond donors (Lipinski definition) is 3. The summed E-state index contributed by atoms with van der Waals surface area (Å²) < 4.78 is 0. The van der Waals surface area contributed by atoms with Gasteiger partial charge in [-0.15, -0.1) is 11.8 Å². The number of hydrogen-bond acceptors (Lipinski definition) is 3. The fourth-order valence-corrected chi connectivity index (χ4v) is 1.89. The summed E-state index contributed by atoms with van der Waals surface area (Å²) in [6.45, 7) is 3.34. The number of rotatable bonds is 6. The third-order valence-electron chi connectivity index (χ3n) is 2.49. The molecule has 94 valence electrons. The summed E-state index contributed by atoms with van der Waals surface area (Å²) in [6.07, 6.45) is 2.06. The van der Waals surface area contributed by atoms with Crippen LogP contribution in [0.4, 0.5) is 4.79 Å². The van der Waals surface area contributed by atoms with Gasteiger partial charge in [0.05, 0.1) is 0 Å². The zero-order chi connectivity index (χ0) is 12.7. The Hall–Kier alpha value is -1.20. The summed E-state index contributed by atoms with van der Waals surface area (Å²) in [5, 5.41) is 5.86. The smallest absolute Gasteiger partial charge is 0.312 e. The predicted octanol–water partition coefficient (Wildman–Crippen LogP) is 1.73. The molecule has 0 radical (unpaired) electrons. The summed E-state index contributed by atoms with van der Waals surface area (Å²) >= 11 is 1.73. The number of amides is 2. The lowest BCUT2D eigenvalue weighted by atomic mass is 10.1. The van der Waals surface area contributed by atoms with Crippen LogP contribution in [0, 0.1) is 0 Å². The van der Waals surface area contributed by atoms with Crippen LogP contribution in [0.3, 0.4) is 0 Å². The number of nitrogens with two attached hydrogens (primary N) is 1. The van der Waals surface area contributed by atoms with Crippen LogP contribution in [0.25, 0.3) is 0 Å². The van der Waals surface area contributed by atoms with E-state index in [0.717, 1.165) is 0 Å². The normalized spacial score (nSPS) is 12.1. The largest absolute Gasteiger partial charge is 0.352 e. The first-order valence-electron chi connectivity index (χ1n) is 5.54. The molecule has 0 bridgehead atoms. The molecule has 1 aromatic carbocycles. The van der Waals surface area contributed by atoms with Crippen molar-refractivity contribution in [2.75, 3.05) is 19.3 Å². The molecule has 1 atom stereocenters. The van der Waals surface area contributed by atoms with Gasteiger partial charge in [-0.25, -0.2) is 4.79 Å². The monoisotopic (exact) mass is 253 g/mol. The maximum absolute atomic E-state index is 10.5. The lowest BCUT2D eigenvalue weighted by molar-refractivity contribution is 0.249. The maximum atomic E-state index is 10.5. The second-order valence-corrected chi connectivity index (χ2v) is 4.62. The molecule has 0 aliphatic rings. The lowest BCUT2D eigenvalue weighted by Gasteiger charge is -2.14. The molecule has 1 rings (SSSR count). The molecule has 17 heavy (non-hydrogen) atoms. The van der Waals surface area contributed by atoms with Crippen LogP contribution >= 0.6 is 11.8 Å². The van der Waals surface area contributed by atoms with Gasteiger partial charge in [-0.1, -0.05) is 12.1 Å². The minimum absolute atomic E-state index is 0.264. The third kappa shape index (κ3) is 5.10. The highest BCUT2D eigenvalue weighted by Gasteiger charge is 2.04. The zero-order valence-electron chi connectivity index (χ0n) is 10.2. The quantitative estimate of drug-likeness (QED) is 0.534. The van der Waals surface area contributed by atoms with Crippen molar-refractivity contribution in [1.29, 1.82) is 0 Å². The second-order valence-electron chi connectivity index (χ2n) is 3.74. The van der Waals surface area contributed by atoms with Gasteiger partial charge in [-0.3, -0.25) is 0 Å². The van der Waals surface area contributed by atoms with Crippen LogP contribution in [0.2, 0.25) is 0 Å². The molecule has 2 amide bonds. The van der Waals surface area contributed by atoms with E-state index in [0.29, 0.717) is 13.1 Å². The summed E-state index contributed by atoms with van der Waals surface area (Å²) in [7, 11) is 0. The summed E-state index contributed by atoms with van der Waals surface area (Å²) in [5.41, 5.74) is 6.21. The SMILES string of the molecule is CSc1ccc(C(C)NCCNC(N)=O)cc1. The van der Waals surface area contributed by atoms with Crippen LogP contribution < -0.4 is 16.4 Å². The van der Waals surface area contributed by atoms with E-state index in [9.17, 15) is 4.79 Å². The van der Waals surface area contributed by atoms with E-state index >= 15 is 0 Å². The van der Waals surface area contributed by atoms with Crippen molar-refractivity contribution in [3.05, 3.63) is 29.8 Å². The molecule has 0 fully saturated rings. The van der Waals surface area contributed by atoms with Crippen molar-refractivity contribution in [2.24, 2.45) is 5.73 Å². The molecular formula is C12H19N3OS. The minimum Gasteiger partial charge on any atom is -0.352 e. The van der Waals surface area contributed by atoms with Crippen molar-refractivity contribution in [3.63, 3.8) is 0 Å². The van der Waals surface area contributed by atoms with Crippen molar-refractivity contribution >= 4 is 17.8 Å². The van der Waals surface area contributed by atoms with E-state index in [1.165, 1.54) is 10.5 Å². The average molecular weight is 253 g/mol. The highest BCUT2D eigenvalue weighted by molar-refractivity contribution is 7.98. The number of nitrogens with one attached hydrogen (secondary N) is 2. The van der Waals surface area contributed by atoms with E-state index in [1.807, 2.05) is 0 Å². The van der Waals surface area contributed by atoms with Crippen LogP contribution in [0.5, 0.6) is 0 Å². The molecule has 4 N–H and O–H groups in total. The molecule has 0 saturated heterocycles. The molecule has 0 spiro atoms. The molecule has 0 heterocycles. The summed E-state index contributed by atoms with van der Waals surface area (Å²) in [5.74, 6) is 0. The second kappa shape index (κ2) is 7.19. The molecular weight excluding hydrogens is 234 g/mol. The zero-order valence-corrected chi connectivity index (χ0v) is 11.0. The highest BCUT2D eigenvalue weighted by Crippen LogP contribution is 2.18. The van der Waals surface area contributed by atoms with Gasteiger partial charge >= 0.3 is 6.03 Å². The molecule has 5 heteroatoms.